The van der Waals surface area contributed by atoms with Gasteiger partial charge in [0.2, 0.25) is 5.95 Å². The molecule has 0 amide bonds. The van der Waals surface area contributed by atoms with Crippen LogP contribution in [-0.4, -0.2) is 19.6 Å². The lowest BCUT2D eigenvalue weighted by Crippen LogP contribution is -2.13. The molecule has 2 heterocycles. The highest BCUT2D eigenvalue weighted by Gasteiger charge is 2.16. The molecule has 6 heteroatoms. The number of imidazole rings is 1. The molecule has 1 atom stereocenters. The Morgan fingerprint density at radius 2 is 1.82 bits per heavy atom. The molecule has 1 unspecified atom stereocenters. The number of hydrogen-bond donors (Lipinski definition) is 3. The summed E-state index contributed by atoms with van der Waals surface area (Å²) in [6, 6.07) is 17.2. The van der Waals surface area contributed by atoms with Gasteiger partial charge in [-0.1, -0.05) is 30.3 Å². The van der Waals surface area contributed by atoms with Gasteiger partial charge in [-0.3, -0.25) is 4.98 Å². The minimum atomic E-state index is -0.249. The topological polar surface area (TPSA) is 103 Å². The summed E-state index contributed by atoms with van der Waals surface area (Å²) in [5.41, 5.74) is 19.0. The van der Waals surface area contributed by atoms with Crippen LogP contribution in [0.3, 0.4) is 0 Å². The summed E-state index contributed by atoms with van der Waals surface area (Å²) in [7, 11) is 0. The third-order valence-corrected chi connectivity index (χ3v) is 5.08. The highest BCUT2D eigenvalue weighted by molar-refractivity contribution is 5.79. The molecule has 28 heavy (non-hydrogen) atoms. The lowest BCUT2D eigenvalue weighted by Gasteiger charge is -2.16. The van der Waals surface area contributed by atoms with Crippen LogP contribution in [0.25, 0.3) is 11.0 Å². The van der Waals surface area contributed by atoms with Crippen molar-refractivity contribution in [1.82, 2.24) is 14.5 Å². The fourth-order valence-electron chi connectivity index (χ4n) is 3.50. The quantitative estimate of drug-likeness (QED) is 0.508. The van der Waals surface area contributed by atoms with Crippen LogP contribution in [0.4, 0.5) is 5.95 Å². The van der Waals surface area contributed by atoms with Gasteiger partial charge >= 0.3 is 0 Å². The second kappa shape index (κ2) is 6.98. The number of aryl methyl sites for hydroxylation is 2. The molecule has 6 nitrogen and oxygen atoms in total. The van der Waals surface area contributed by atoms with Gasteiger partial charge in [-0.2, -0.15) is 0 Å². The van der Waals surface area contributed by atoms with Gasteiger partial charge in [-0.25, -0.2) is 4.98 Å². The largest absolute Gasteiger partial charge is 0.506 e. The molecule has 0 aliphatic rings. The van der Waals surface area contributed by atoms with Crippen LogP contribution >= 0.6 is 0 Å². The predicted octanol–water partition coefficient (Wildman–Crippen LogP) is 3.43. The van der Waals surface area contributed by atoms with Gasteiger partial charge in [-0.05, 0) is 54.8 Å². The number of aromatic nitrogens is 3. The molecular formula is C22H23N5O. The lowest BCUT2D eigenvalue weighted by molar-refractivity contribution is 0.461. The van der Waals surface area contributed by atoms with Crippen molar-refractivity contribution in [2.45, 2.75) is 26.4 Å². The molecule has 5 N–H and O–H groups in total. The van der Waals surface area contributed by atoms with Crippen LogP contribution in [0.1, 0.15) is 34.1 Å². The Hall–Kier alpha value is -3.38. The Morgan fingerprint density at radius 1 is 1.04 bits per heavy atom. The van der Waals surface area contributed by atoms with Gasteiger partial charge in [0.05, 0.1) is 23.6 Å². The first-order chi connectivity index (χ1) is 13.4. The summed E-state index contributed by atoms with van der Waals surface area (Å²) in [6.45, 7) is 4.28. The number of nitrogens with zero attached hydrogens (tertiary/aromatic N) is 3. The van der Waals surface area contributed by atoms with E-state index in [2.05, 4.69) is 23.0 Å². The second-order valence-electron chi connectivity index (χ2n) is 7.06. The minimum absolute atomic E-state index is 0.139. The molecular weight excluding hydrogens is 350 g/mol. The average Bonchev–Trinajstić information content (AvgIpc) is 2.99. The molecule has 0 aliphatic carbocycles. The number of benzene rings is 2. The number of aromatic hydroxyl groups is 1. The standard InChI is InChI=1S/C22H23N5O/c1-13-5-3-4-6-16(13)21(23)15-8-9-17-19(11-15)27(22(24)26-17)12-18-20(28)10-7-14(2)25-18/h3-11,21,28H,12,23H2,1-2H3,(H2,24,26). The normalized spacial score (nSPS) is 12.4. The van der Waals surface area contributed by atoms with Crippen molar-refractivity contribution in [3.05, 3.63) is 82.7 Å². The number of pyridine rings is 1. The van der Waals surface area contributed by atoms with E-state index in [1.54, 1.807) is 12.1 Å². The van der Waals surface area contributed by atoms with Crippen molar-refractivity contribution in [2.75, 3.05) is 5.73 Å². The zero-order valence-corrected chi connectivity index (χ0v) is 15.9. The summed E-state index contributed by atoms with van der Waals surface area (Å²) in [6.07, 6.45) is 0. The number of hydrogen-bond acceptors (Lipinski definition) is 5. The Morgan fingerprint density at radius 3 is 2.61 bits per heavy atom. The van der Waals surface area contributed by atoms with E-state index in [4.69, 9.17) is 11.5 Å². The van der Waals surface area contributed by atoms with E-state index >= 15 is 0 Å². The van der Waals surface area contributed by atoms with E-state index < -0.39 is 0 Å². The van der Waals surface area contributed by atoms with Gasteiger partial charge in [-0.15, -0.1) is 0 Å². The molecule has 4 aromatic rings. The molecule has 0 fully saturated rings. The molecule has 142 valence electrons. The van der Waals surface area contributed by atoms with Crippen LogP contribution in [-0.2, 0) is 6.54 Å². The van der Waals surface area contributed by atoms with Crippen molar-refractivity contribution >= 4 is 17.0 Å². The van der Waals surface area contributed by atoms with Crippen molar-refractivity contribution in [2.24, 2.45) is 5.73 Å². The van der Waals surface area contributed by atoms with Gasteiger partial charge in [0.25, 0.3) is 0 Å². The van der Waals surface area contributed by atoms with Crippen molar-refractivity contribution in [3.8, 4) is 5.75 Å². The first-order valence-corrected chi connectivity index (χ1v) is 9.16. The lowest BCUT2D eigenvalue weighted by atomic mass is 9.95. The van der Waals surface area contributed by atoms with Crippen LogP contribution < -0.4 is 11.5 Å². The maximum Gasteiger partial charge on any atom is 0.201 e. The Kier molecular flexibility index (Phi) is 4.49. The first-order valence-electron chi connectivity index (χ1n) is 9.16. The summed E-state index contributed by atoms with van der Waals surface area (Å²) < 4.78 is 1.85. The third-order valence-electron chi connectivity index (χ3n) is 5.08. The van der Waals surface area contributed by atoms with Gasteiger partial charge < -0.3 is 21.1 Å². The minimum Gasteiger partial charge on any atom is -0.506 e. The van der Waals surface area contributed by atoms with Gasteiger partial charge in [0, 0.05) is 5.69 Å². The molecule has 0 bridgehead atoms. The number of fused-ring (bicyclic) bond motifs is 1. The maximum absolute atomic E-state index is 10.2. The zero-order valence-electron chi connectivity index (χ0n) is 15.9. The predicted molar refractivity (Wildman–Crippen MR) is 111 cm³/mol. The van der Waals surface area contributed by atoms with E-state index in [1.165, 1.54) is 0 Å². The summed E-state index contributed by atoms with van der Waals surface area (Å²) in [5, 5.41) is 10.2. The van der Waals surface area contributed by atoms with Crippen molar-refractivity contribution < 1.29 is 5.11 Å². The Balaban J connectivity index is 1.78. The Labute approximate surface area is 163 Å². The highest BCUT2D eigenvalue weighted by Crippen LogP contribution is 2.28. The van der Waals surface area contributed by atoms with Crippen LogP contribution in [0.5, 0.6) is 5.75 Å². The van der Waals surface area contributed by atoms with E-state index in [0.717, 1.165) is 33.4 Å². The van der Waals surface area contributed by atoms with E-state index in [9.17, 15) is 5.11 Å². The van der Waals surface area contributed by atoms with Crippen LogP contribution in [0.15, 0.2) is 54.6 Å². The fraction of sp³-hybridized carbons (Fsp3) is 0.182. The first kappa shape index (κ1) is 18.0. The van der Waals surface area contributed by atoms with Gasteiger partial charge in [0.15, 0.2) is 0 Å². The monoisotopic (exact) mass is 373 g/mol. The summed E-state index contributed by atoms with van der Waals surface area (Å²) >= 11 is 0. The fourth-order valence-corrected chi connectivity index (χ4v) is 3.50. The van der Waals surface area contributed by atoms with Crippen molar-refractivity contribution in [3.63, 3.8) is 0 Å². The second-order valence-corrected chi connectivity index (χ2v) is 7.06. The number of nitrogens with two attached hydrogens (primary N) is 2. The molecule has 2 aromatic carbocycles. The molecule has 0 spiro atoms. The Bertz CT molecular complexity index is 1170. The number of rotatable bonds is 4. The molecule has 0 aliphatic heterocycles. The van der Waals surface area contributed by atoms with Crippen molar-refractivity contribution in [1.29, 1.82) is 0 Å². The maximum atomic E-state index is 10.2. The molecule has 0 saturated carbocycles. The molecule has 4 rings (SSSR count). The summed E-state index contributed by atoms with van der Waals surface area (Å²) in [5.74, 6) is 0.513. The van der Waals surface area contributed by atoms with Gasteiger partial charge in [0.1, 0.15) is 11.4 Å². The molecule has 0 radical (unpaired) electrons. The van der Waals surface area contributed by atoms with E-state index in [-0.39, 0.29) is 11.8 Å². The summed E-state index contributed by atoms with van der Waals surface area (Å²) in [4.78, 5) is 8.88. The zero-order chi connectivity index (χ0) is 19.8. The molecule has 2 aromatic heterocycles. The molecule has 0 saturated heterocycles. The van der Waals surface area contributed by atoms with E-state index in [0.29, 0.717) is 18.2 Å². The van der Waals surface area contributed by atoms with Crippen LogP contribution in [0.2, 0.25) is 0 Å². The van der Waals surface area contributed by atoms with Crippen LogP contribution in [0, 0.1) is 13.8 Å². The SMILES string of the molecule is Cc1ccc(O)c(Cn2c(N)nc3ccc(C(N)c4ccccc4C)cc32)n1. The average molecular weight is 373 g/mol. The number of anilines is 1. The third kappa shape index (κ3) is 3.18. The smallest absolute Gasteiger partial charge is 0.201 e. The highest BCUT2D eigenvalue weighted by atomic mass is 16.3. The van der Waals surface area contributed by atoms with E-state index in [1.807, 2.05) is 47.9 Å². The number of nitrogen functional groups attached to an aromatic ring is 1.